The molecule has 5 rings (SSSR count). The van der Waals surface area contributed by atoms with E-state index in [0.717, 1.165) is 37.4 Å². The van der Waals surface area contributed by atoms with Crippen molar-refractivity contribution < 1.29 is 14.4 Å². The molecule has 0 spiro atoms. The first-order valence-corrected chi connectivity index (χ1v) is 12.2. The van der Waals surface area contributed by atoms with E-state index < -0.39 is 5.91 Å². The Hall–Kier alpha value is -4.31. The normalized spacial score (nSPS) is 15.9. The Labute approximate surface area is 215 Å². The average molecular weight is 500 g/mol. The molecule has 1 fully saturated rings. The van der Waals surface area contributed by atoms with Crippen molar-refractivity contribution in [1.82, 2.24) is 19.8 Å². The van der Waals surface area contributed by atoms with Gasteiger partial charge in [0, 0.05) is 67.8 Å². The Kier molecular flexibility index (Phi) is 6.58. The van der Waals surface area contributed by atoms with Gasteiger partial charge < -0.3 is 25.8 Å². The highest BCUT2D eigenvalue weighted by Gasteiger charge is 2.29. The second-order valence-electron chi connectivity index (χ2n) is 9.42. The zero-order valence-corrected chi connectivity index (χ0v) is 20.9. The van der Waals surface area contributed by atoms with Gasteiger partial charge in [0.1, 0.15) is 0 Å². The van der Waals surface area contributed by atoms with Crippen LogP contribution in [0.15, 0.2) is 48.7 Å². The maximum absolute atomic E-state index is 13.2. The molecule has 0 bridgehead atoms. The lowest BCUT2D eigenvalue weighted by atomic mass is 10.0. The van der Waals surface area contributed by atoms with Gasteiger partial charge >= 0.3 is 0 Å². The summed E-state index contributed by atoms with van der Waals surface area (Å²) >= 11 is 0. The van der Waals surface area contributed by atoms with Crippen molar-refractivity contribution in [1.29, 1.82) is 0 Å². The highest BCUT2D eigenvalue weighted by molar-refractivity contribution is 6.08. The van der Waals surface area contributed by atoms with Crippen LogP contribution in [0.1, 0.15) is 42.3 Å². The summed E-state index contributed by atoms with van der Waals surface area (Å²) in [7, 11) is 2.06. The smallest absolute Gasteiger partial charge is 0.261 e. The molecule has 2 aliphatic heterocycles. The molecule has 37 heavy (non-hydrogen) atoms. The van der Waals surface area contributed by atoms with Crippen LogP contribution >= 0.6 is 0 Å². The number of carbonyl (C=O) groups excluding carboxylic acids is 3. The van der Waals surface area contributed by atoms with E-state index in [1.165, 1.54) is 6.20 Å². The predicted molar refractivity (Wildman–Crippen MR) is 140 cm³/mol. The highest BCUT2D eigenvalue weighted by Crippen LogP contribution is 2.28. The van der Waals surface area contributed by atoms with Crippen molar-refractivity contribution in [3.63, 3.8) is 0 Å². The highest BCUT2D eigenvalue weighted by atomic mass is 16.2. The predicted octanol–water partition coefficient (Wildman–Crippen LogP) is 2.22. The van der Waals surface area contributed by atoms with E-state index in [1.807, 2.05) is 24.0 Å². The molecule has 0 radical (unpaired) electrons. The van der Waals surface area contributed by atoms with Gasteiger partial charge in [-0.3, -0.25) is 14.4 Å². The molecule has 2 aliphatic rings. The first-order valence-electron chi connectivity index (χ1n) is 12.2. The van der Waals surface area contributed by atoms with Gasteiger partial charge in [-0.15, -0.1) is 0 Å². The van der Waals surface area contributed by atoms with Gasteiger partial charge in [0.2, 0.25) is 11.9 Å². The fourth-order valence-corrected chi connectivity index (χ4v) is 4.61. The number of amides is 3. The Morgan fingerprint density at radius 1 is 0.973 bits per heavy atom. The van der Waals surface area contributed by atoms with E-state index in [2.05, 4.69) is 27.2 Å². The Balaban J connectivity index is 1.28. The van der Waals surface area contributed by atoms with E-state index in [-0.39, 0.29) is 11.8 Å². The third-order valence-electron chi connectivity index (χ3n) is 6.88. The number of nitrogens with two attached hydrogens (primary N) is 1. The fraction of sp³-hybridized carbons (Fsp3) is 0.296. The van der Waals surface area contributed by atoms with Crippen molar-refractivity contribution in [2.75, 3.05) is 50.0 Å². The summed E-state index contributed by atoms with van der Waals surface area (Å²) in [5.41, 5.74) is 9.77. The number of aryl methyl sites for hydroxylation is 1. The quantitative estimate of drug-likeness (QED) is 0.551. The molecular formula is C27H29N7O3. The molecule has 10 heteroatoms. The molecule has 3 amide bonds. The largest absolute Gasteiger partial charge is 0.366 e. The van der Waals surface area contributed by atoms with Gasteiger partial charge in [-0.2, -0.15) is 0 Å². The lowest BCUT2D eigenvalue weighted by molar-refractivity contribution is 0.0664. The standard InChI is InChI=1S/C27H29N7O3/c1-17-3-4-19(24(28)35)15-23(17)34-10-9-22-21(26(34)37)16-29-27(31-22)30-20-7-5-18(6-8-20)25(36)33-13-11-32(2)12-14-33/h3-8,15-16H,9-14H2,1-2H3,(H2,28,35)(H,29,30,31). The zero-order chi connectivity index (χ0) is 26.1. The third kappa shape index (κ3) is 5.01. The number of piperazine rings is 1. The second kappa shape index (κ2) is 9.98. The summed E-state index contributed by atoms with van der Waals surface area (Å²) in [6, 6.07) is 12.3. The molecular weight excluding hydrogens is 470 g/mol. The summed E-state index contributed by atoms with van der Waals surface area (Å²) in [5.74, 6) is -0.347. The minimum Gasteiger partial charge on any atom is -0.366 e. The van der Waals surface area contributed by atoms with Crippen molar-refractivity contribution in [3.8, 4) is 0 Å². The number of primary amides is 1. The number of hydrogen-bond donors (Lipinski definition) is 2. The summed E-state index contributed by atoms with van der Waals surface area (Å²) in [4.78, 5) is 52.3. The number of aromatic nitrogens is 2. The Morgan fingerprint density at radius 3 is 2.38 bits per heavy atom. The van der Waals surface area contributed by atoms with Crippen LogP contribution in [0.25, 0.3) is 0 Å². The van der Waals surface area contributed by atoms with Crippen LogP contribution in [0.5, 0.6) is 0 Å². The molecule has 1 aromatic heterocycles. The van der Waals surface area contributed by atoms with E-state index in [0.29, 0.717) is 47.0 Å². The molecule has 0 aliphatic carbocycles. The molecule has 1 saturated heterocycles. The summed E-state index contributed by atoms with van der Waals surface area (Å²) in [6.45, 7) is 5.52. The van der Waals surface area contributed by atoms with E-state index in [4.69, 9.17) is 5.73 Å². The monoisotopic (exact) mass is 499 g/mol. The van der Waals surface area contributed by atoms with Crippen molar-refractivity contribution in [3.05, 3.63) is 76.6 Å². The lowest BCUT2D eigenvalue weighted by Gasteiger charge is -2.32. The number of nitrogens with zero attached hydrogens (tertiary/aromatic N) is 5. The summed E-state index contributed by atoms with van der Waals surface area (Å²) < 4.78 is 0. The topological polar surface area (TPSA) is 125 Å². The lowest BCUT2D eigenvalue weighted by Crippen LogP contribution is -2.47. The van der Waals surface area contributed by atoms with Crippen LogP contribution in [-0.4, -0.2) is 77.3 Å². The second-order valence-corrected chi connectivity index (χ2v) is 9.42. The number of benzene rings is 2. The van der Waals surface area contributed by atoms with E-state index in [9.17, 15) is 14.4 Å². The first-order chi connectivity index (χ1) is 17.8. The van der Waals surface area contributed by atoms with Crippen LogP contribution in [-0.2, 0) is 6.42 Å². The van der Waals surface area contributed by atoms with Crippen LogP contribution < -0.4 is 16.0 Å². The minimum absolute atomic E-state index is 0.0318. The number of nitrogens with one attached hydrogen (secondary N) is 1. The molecule has 3 heterocycles. The molecule has 0 atom stereocenters. The van der Waals surface area contributed by atoms with Crippen molar-refractivity contribution >= 4 is 35.0 Å². The summed E-state index contributed by atoms with van der Waals surface area (Å²) in [5, 5.41) is 3.16. The van der Waals surface area contributed by atoms with Crippen LogP contribution in [0, 0.1) is 6.92 Å². The van der Waals surface area contributed by atoms with Crippen LogP contribution in [0.4, 0.5) is 17.3 Å². The third-order valence-corrected chi connectivity index (χ3v) is 6.88. The van der Waals surface area contributed by atoms with Gasteiger partial charge in [-0.1, -0.05) is 6.07 Å². The molecule has 3 aromatic rings. The van der Waals surface area contributed by atoms with Gasteiger partial charge in [-0.05, 0) is 55.9 Å². The summed E-state index contributed by atoms with van der Waals surface area (Å²) in [6.07, 6.45) is 2.06. The van der Waals surface area contributed by atoms with Gasteiger partial charge in [0.15, 0.2) is 0 Å². The van der Waals surface area contributed by atoms with Gasteiger partial charge in [-0.25, -0.2) is 9.97 Å². The van der Waals surface area contributed by atoms with Crippen LogP contribution in [0.2, 0.25) is 0 Å². The number of likely N-dealkylation sites (N-methyl/N-ethyl adjacent to an activating group) is 1. The molecule has 190 valence electrons. The Morgan fingerprint density at radius 2 is 1.68 bits per heavy atom. The van der Waals surface area contributed by atoms with Crippen LogP contribution in [0.3, 0.4) is 0 Å². The fourth-order valence-electron chi connectivity index (χ4n) is 4.61. The first kappa shape index (κ1) is 24.4. The average Bonchev–Trinajstić information content (AvgIpc) is 2.90. The van der Waals surface area contributed by atoms with E-state index >= 15 is 0 Å². The maximum atomic E-state index is 13.2. The SMILES string of the molecule is Cc1ccc(C(N)=O)cc1N1CCc2nc(Nc3ccc(C(=O)N4CCN(C)CC4)cc3)ncc2C1=O. The molecule has 0 unspecified atom stereocenters. The minimum atomic E-state index is -0.540. The molecule has 2 aromatic carbocycles. The number of anilines is 3. The number of rotatable bonds is 5. The number of hydrogen-bond acceptors (Lipinski definition) is 7. The van der Waals surface area contributed by atoms with Crippen molar-refractivity contribution in [2.45, 2.75) is 13.3 Å². The van der Waals surface area contributed by atoms with Crippen molar-refractivity contribution in [2.24, 2.45) is 5.73 Å². The maximum Gasteiger partial charge on any atom is 0.261 e. The number of carbonyl (C=O) groups is 3. The molecule has 10 nitrogen and oxygen atoms in total. The number of fused-ring (bicyclic) bond motifs is 1. The zero-order valence-electron chi connectivity index (χ0n) is 20.9. The van der Waals surface area contributed by atoms with Gasteiger partial charge in [0.25, 0.3) is 11.8 Å². The molecule has 3 N–H and O–H groups in total. The molecule has 0 saturated carbocycles. The van der Waals surface area contributed by atoms with E-state index in [1.54, 1.807) is 35.2 Å². The van der Waals surface area contributed by atoms with Gasteiger partial charge in [0.05, 0.1) is 11.3 Å². The Bertz CT molecular complexity index is 1360.